The molecule has 1 saturated heterocycles. The van der Waals surface area contributed by atoms with Crippen LogP contribution < -0.4 is 10.1 Å². The van der Waals surface area contributed by atoms with Gasteiger partial charge in [-0.25, -0.2) is 19.9 Å². The lowest BCUT2D eigenvalue weighted by atomic mass is 9.86. The minimum atomic E-state index is -3.01. The van der Waals surface area contributed by atoms with E-state index in [-0.39, 0.29) is 22.3 Å². The van der Waals surface area contributed by atoms with Crippen LogP contribution in [0.3, 0.4) is 0 Å². The normalized spacial score (nSPS) is 19.8. The van der Waals surface area contributed by atoms with Crippen molar-refractivity contribution < 1.29 is 18.3 Å². The Labute approximate surface area is 212 Å². The van der Waals surface area contributed by atoms with Gasteiger partial charge in [-0.1, -0.05) is 11.6 Å². The van der Waals surface area contributed by atoms with Crippen LogP contribution >= 0.6 is 11.6 Å². The molecule has 188 valence electrons. The standard InChI is InChI=1S/C25H25ClF2N6O2/c1-14(17-11-20(36-24(27)28)31-12-19(17)26)23(35)34-9-6-25(13-34)5-4-16-10-18(15(2)32-21(16)33-25)22-29-7-3-8-30-22/h3,7-8,10-12,14,24H,4-6,9,13H2,1-2H3,(H,32,33)/t14-,25-/m0/s1. The number of amides is 1. The van der Waals surface area contributed by atoms with Gasteiger partial charge in [0.1, 0.15) is 5.82 Å². The van der Waals surface area contributed by atoms with Crippen LogP contribution in [0.2, 0.25) is 5.02 Å². The zero-order valence-electron chi connectivity index (χ0n) is 19.8. The molecular weight excluding hydrogens is 490 g/mol. The minimum Gasteiger partial charge on any atom is -0.417 e. The smallest absolute Gasteiger partial charge is 0.388 e. The molecule has 1 N–H and O–H groups in total. The number of likely N-dealkylation sites (tertiary alicyclic amines) is 1. The van der Waals surface area contributed by atoms with Gasteiger partial charge in [0.05, 0.1) is 22.2 Å². The number of carbonyl (C=O) groups excluding carboxylic acids is 1. The Kier molecular flexibility index (Phi) is 6.46. The zero-order valence-corrected chi connectivity index (χ0v) is 20.6. The van der Waals surface area contributed by atoms with Crippen LogP contribution in [0.25, 0.3) is 11.4 Å². The molecule has 2 aliphatic rings. The molecule has 5 heterocycles. The molecule has 5 rings (SSSR count). The van der Waals surface area contributed by atoms with Gasteiger partial charge in [0.15, 0.2) is 5.82 Å². The molecule has 8 nitrogen and oxygen atoms in total. The minimum absolute atomic E-state index is 0.128. The highest BCUT2D eigenvalue weighted by molar-refractivity contribution is 6.31. The average Bonchev–Trinajstić information content (AvgIpc) is 3.27. The van der Waals surface area contributed by atoms with Crippen LogP contribution in [0.4, 0.5) is 14.6 Å². The quantitative estimate of drug-likeness (QED) is 0.530. The summed E-state index contributed by atoms with van der Waals surface area (Å²) in [6, 6.07) is 5.18. The Morgan fingerprint density at radius 3 is 2.75 bits per heavy atom. The number of hydrogen-bond donors (Lipinski definition) is 1. The van der Waals surface area contributed by atoms with Crippen LogP contribution in [0.1, 0.15) is 42.5 Å². The molecule has 1 fully saturated rings. The lowest BCUT2D eigenvalue weighted by molar-refractivity contribution is -0.131. The fraction of sp³-hybridized carbons (Fsp3) is 0.400. The first-order valence-electron chi connectivity index (χ1n) is 11.7. The van der Waals surface area contributed by atoms with Crippen molar-refractivity contribution in [2.24, 2.45) is 0 Å². The maximum absolute atomic E-state index is 13.4. The van der Waals surface area contributed by atoms with Crippen LogP contribution in [0, 0.1) is 6.92 Å². The number of aryl methyl sites for hydroxylation is 2. The number of alkyl halides is 2. The highest BCUT2D eigenvalue weighted by atomic mass is 35.5. The van der Waals surface area contributed by atoms with Crippen LogP contribution in [-0.2, 0) is 11.2 Å². The summed E-state index contributed by atoms with van der Waals surface area (Å²) in [5.41, 5.74) is 2.97. The van der Waals surface area contributed by atoms with E-state index < -0.39 is 12.5 Å². The fourth-order valence-corrected chi connectivity index (χ4v) is 5.26. The van der Waals surface area contributed by atoms with Gasteiger partial charge in [0.25, 0.3) is 0 Å². The Hall–Kier alpha value is -3.40. The number of nitrogens with one attached hydrogen (secondary N) is 1. The first-order chi connectivity index (χ1) is 17.2. The third kappa shape index (κ3) is 4.69. The summed E-state index contributed by atoms with van der Waals surface area (Å²) in [5, 5.41) is 3.84. The summed E-state index contributed by atoms with van der Waals surface area (Å²) in [6.45, 7) is 1.73. The van der Waals surface area contributed by atoms with E-state index in [1.54, 1.807) is 30.3 Å². The Morgan fingerprint density at radius 1 is 1.22 bits per heavy atom. The number of ether oxygens (including phenoxy) is 1. The van der Waals surface area contributed by atoms with Gasteiger partial charge in [-0.2, -0.15) is 8.78 Å². The largest absolute Gasteiger partial charge is 0.417 e. The van der Waals surface area contributed by atoms with E-state index in [9.17, 15) is 13.6 Å². The lowest BCUT2D eigenvalue weighted by Crippen LogP contribution is -2.46. The van der Waals surface area contributed by atoms with Crippen molar-refractivity contribution >= 4 is 23.3 Å². The summed E-state index contributed by atoms with van der Waals surface area (Å²) in [4.78, 5) is 32.4. The Morgan fingerprint density at radius 2 is 2.00 bits per heavy atom. The van der Waals surface area contributed by atoms with Crippen molar-refractivity contribution in [1.82, 2.24) is 24.8 Å². The molecule has 2 atom stereocenters. The number of aromatic nitrogens is 4. The average molecular weight is 515 g/mol. The monoisotopic (exact) mass is 514 g/mol. The number of anilines is 1. The van der Waals surface area contributed by atoms with E-state index >= 15 is 0 Å². The van der Waals surface area contributed by atoms with E-state index in [4.69, 9.17) is 16.6 Å². The second-order valence-corrected chi connectivity index (χ2v) is 9.67. The molecule has 0 aromatic carbocycles. The van der Waals surface area contributed by atoms with Crippen molar-refractivity contribution in [2.45, 2.75) is 51.2 Å². The van der Waals surface area contributed by atoms with Crippen molar-refractivity contribution in [3.05, 3.63) is 58.6 Å². The summed E-state index contributed by atoms with van der Waals surface area (Å²) < 4.78 is 29.6. The first kappa shape index (κ1) is 24.3. The molecule has 3 aromatic heterocycles. The SMILES string of the molecule is Cc1nc2c(cc1-c1ncccn1)CC[C@@]1(CCN(C(=O)[C@@H](C)c3cc(OC(F)F)ncc3Cl)C1)N2. The molecule has 11 heteroatoms. The molecule has 0 unspecified atom stereocenters. The van der Waals surface area contributed by atoms with E-state index in [0.717, 1.165) is 41.9 Å². The van der Waals surface area contributed by atoms with Gasteiger partial charge < -0.3 is 15.0 Å². The number of rotatable bonds is 5. The zero-order chi connectivity index (χ0) is 25.4. The predicted octanol–water partition coefficient (Wildman–Crippen LogP) is 4.63. The fourth-order valence-electron chi connectivity index (χ4n) is 4.99. The van der Waals surface area contributed by atoms with E-state index in [0.29, 0.717) is 24.5 Å². The molecule has 0 saturated carbocycles. The summed E-state index contributed by atoms with van der Waals surface area (Å²) in [6.07, 6.45) is 7.10. The topological polar surface area (TPSA) is 93.1 Å². The number of nitrogens with zero attached hydrogens (tertiary/aromatic N) is 5. The maximum Gasteiger partial charge on any atom is 0.388 e. The molecule has 0 radical (unpaired) electrons. The molecule has 2 aliphatic heterocycles. The van der Waals surface area contributed by atoms with Crippen molar-refractivity contribution in [2.75, 3.05) is 18.4 Å². The van der Waals surface area contributed by atoms with Gasteiger partial charge >= 0.3 is 6.61 Å². The number of carbonyl (C=O) groups is 1. The molecule has 0 bridgehead atoms. The third-order valence-electron chi connectivity index (χ3n) is 6.93. The van der Waals surface area contributed by atoms with E-state index in [1.165, 1.54) is 12.3 Å². The number of fused-ring (bicyclic) bond motifs is 1. The van der Waals surface area contributed by atoms with Crippen LogP contribution in [-0.4, -0.2) is 56.0 Å². The number of hydrogen-bond acceptors (Lipinski definition) is 7. The van der Waals surface area contributed by atoms with E-state index in [2.05, 4.69) is 31.1 Å². The van der Waals surface area contributed by atoms with Gasteiger partial charge in [0, 0.05) is 43.3 Å². The second-order valence-electron chi connectivity index (χ2n) is 9.26. The highest BCUT2D eigenvalue weighted by Gasteiger charge is 2.43. The molecule has 0 aliphatic carbocycles. The third-order valence-corrected chi connectivity index (χ3v) is 7.24. The molecule has 1 amide bonds. The highest BCUT2D eigenvalue weighted by Crippen LogP contribution is 2.39. The Bertz CT molecular complexity index is 1300. The van der Waals surface area contributed by atoms with Gasteiger partial charge in [-0.05, 0) is 56.4 Å². The summed E-state index contributed by atoms with van der Waals surface area (Å²) in [5.74, 6) is 0.437. The van der Waals surface area contributed by atoms with Crippen LogP contribution in [0.5, 0.6) is 5.88 Å². The van der Waals surface area contributed by atoms with Gasteiger partial charge in [-0.3, -0.25) is 4.79 Å². The van der Waals surface area contributed by atoms with Gasteiger partial charge in [-0.15, -0.1) is 0 Å². The second kappa shape index (κ2) is 9.57. The predicted molar refractivity (Wildman–Crippen MR) is 130 cm³/mol. The van der Waals surface area contributed by atoms with Crippen molar-refractivity contribution in [3.63, 3.8) is 0 Å². The molecule has 1 spiro atoms. The summed E-state index contributed by atoms with van der Waals surface area (Å²) >= 11 is 6.24. The number of halogens is 3. The van der Waals surface area contributed by atoms with Crippen LogP contribution in [0.15, 0.2) is 36.8 Å². The Balaban J connectivity index is 1.31. The van der Waals surface area contributed by atoms with E-state index in [1.807, 2.05) is 6.92 Å². The molecular formula is C25H25ClF2N6O2. The number of pyridine rings is 2. The first-order valence-corrected chi connectivity index (χ1v) is 12.1. The van der Waals surface area contributed by atoms with Gasteiger partial charge in [0.2, 0.25) is 11.8 Å². The summed E-state index contributed by atoms with van der Waals surface area (Å²) in [7, 11) is 0. The van der Waals surface area contributed by atoms with Crippen molar-refractivity contribution in [3.8, 4) is 17.3 Å². The maximum atomic E-state index is 13.4. The molecule has 36 heavy (non-hydrogen) atoms. The lowest BCUT2D eigenvalue weighted by Gasteiger charge is -2.36. The molecule has 3 aromatic rings. The van der Waals surface area contributed by atoms with Crippen molar-refractivity contribution in [1.29, 1.82) is 0 Å².